The molecule has 2 aliphatic rings. The second kappa shape index (κ2) is 8.09. The van der Waals surface area contributed by atoms with Crippen LogP contribution in [0.5, 0.6) is 11.5 Å². The highest BCUT2D eigenvalue weighted by Gasteiger charge is 2.27. The van der Waals surface area contributed by atoms with Crippen molar-refractivity contribution in [3.63, 3.8) is 0 Å². The number of fused-ring (bicyclic) bond motifs is 1. The number of amides is 1. The molecular formula is C20H30N2O3. The normalized spacial score (nSPS) is 18.9. The molecule has 0 N–H and O–H groups in total. The molecule has 0 aromatic heterocycles. The average molecular weight is 346 g/mol. The van der Waals surface area contributed by atoms with Crippen molar-refractivity contribution in [3.8, 4) is 11.5 Å². The van der Waals surface area contributed by atoms with E-state index >= 15 is 0 Å². The molecule has 1 aliphatic heterocycles. The first-order valence-corrected chi connectivity index (χ1v) is 9.41. The van der Waals surface area contributed by atoms with Crippen LogP contribution in [0.15, 0.2) is 18.2 Å². The highest BCUT2D eigenvalue weighted by Crippen LogP contribution is 2.31. The summed E-state index contributed by atoms with van der Waals surface area (Å²) >= 11 is 0. The number of hydrogen-bond acceptors (Lipinski definition) is 4. The molecule has 1 aromatic carbocycles. The van der Waals surface area contributed by atoms with Gasteiger partial charge in [0.25, 0.3) is 0 Å². The largest absolute Gasteiger partial charge is 0.486 e. The summed E-state index contributed by atoms with van der Waals surface area (Å²) in [6.07, 6.45) is 6.06. The second-order valence-electron chi connectivity index (χ2n) is 7.31. The molecule has 0 bridgehead atoms. The van der Waals surface area contributed by atoms with Crippen LogP contribution in [0.25, 0.3) is 0 Å². The Bertz CT molecular complexity index is 599. The van der Waals surface area contributed by atoms with Crippen LogP contribution < -0.4 is 9.47 Å². The molecule has 0 radical (unpaired) electrons. The van der Waals surface area contributed by atoms with Gasteiger partial charge in [0.05, 0.1) is 6.04 Å². The minimum Gasteiger partial charge on any atom is -0.486 e. The van der Waals surface area contributed by atoms with Crippen molar-refractivity contribution in [2.24, 2.45) is 0 Å². The zero-order chi connectivity index (χ0) is 17.8. The number of rotatable bonds is 5. The smallest absolute Gasteiger partial charge is 0.239 e. The molecule has 0 spiro atoms. The van der Waals surface area contributed by atoms with Crippen molar-refractivity contribution in [3.05, 3.63) is 23.8 Å². The lowest BCUT2D eigenvalue weighted by atomic mass is 9.94. The molecule has 1 heterocycles. The van der Waals surface area contributed by atoms with Gasteiger partial charge in [0.1, 0.15) is 13.2 Å². The van der Waals surface area contributed by atoms with Crippen LogP contribution in [0.1, 0.15) is 44.6 Å². The van der Waals surface area contributed by atoms with E-state index in [-0.39, 0.29) is 11.9 Å². The van der Waals surface area contributed by atoms with Crippen molar-refractivity contribution in [1.29, 1.82) is 0 Å². The molecule has 5 nitrogen and oxygen atoms in total. The molecule has 0 saturated heterocycles. The molecule has 25 heavy (non-hydrogen) atoms. The Balaban J connectivity index is 1.59. The van der Waals surface area contributed by atoms with E-state index in [0.29, 0.717) is 25.8 Å². The van der Waals surface area contributed by atoms with Crippen LogP contribution in [-0.4, -0.2) is 55.1 Å². The Kier molecular flexibility index (Phi) is 5.84. The van der Waals surface area contributed by atoms with Gasteiger partial charge in [-0.15, -0.1) is 0 Å². The van der Waals surface area contributed by atoms with Crippen LogP contribution in [0, 0.1) is 0 Å². The summed E-state index contributed by atoms with van der Waals surface area (Å²) < 4.78 is 11.2. The Labute approximate surface area is 150 Å². The van der Waals surface area contributed by atoms with E-state index in [4.69, 9.17) is 9.47 Å². The maximum Gasteiger partial charge on any atom is 0.239 e. The predicted octanol–water partition coefficient (Wildman–Crippen LogP) is 3.07. The Morgan fingerprint density at radius 3 is 2.52 bits per heavy atom. The van der Waals surface area contributed by atoms with Gasteiger partial charge in [0.2, 0.25) is 5.91 Å². The minimum atomic E-state index is -0.139. The van der Waals surface area contributed by atoms with Gasteiger partial charge in [-0.2, -0.15) is 0 Å². The number of likely N-dealkylation sites (N-methyl/N-ethyl adjacent to an activating group) is 2. The first-order valence-electron chi connectivity index (χ1n) is 9.41. The maximum absolute atomic E-state index is 12.8. The summed E-state index contributed by atoms with van der Waals surface area (Å²) in [4.78, 5) is 16.9. The van der Waals surface area contributed by atoms with E-state index in [9.17, 15) is 4.79 Å². The van der Waals surface area contributed by atoms with E-state index in [1.807, 2.05) is 44.1 Å². The third-order valence-corrected chi connectivity index (χ3v) is 5.53. The number of carbonyl (C=O) groups excluding carboxylic acids is 1. The molecule has 1 aliphatic carbocycles. The molecule has 1 saturated carbocycles. The molecule has 138 valence electrons. The molecule has 5 heteroatoms. The van der Waals surface area contributed by atoms with Crippen molar-refractivity contribution < 1.29 is 14.3 Å². The van der Waals surface area contributed by atoms with Crippen LogP contribution in [0.2, 0.25) is 0 Å². The standard InChI is InChI=1S/C20H30N2O3/c1-15(20(23)22(3)17-7-5-4-6-8-17)21(2)14-16-9-10-18-19(13-16)25-12-11-24-18/h9-10,13,15,17H,4-8,11-12,14H2,1-3H3. The summed E-state index contributed by atoms with van der Waals surface area (Å²) in [7, 11) is 3.97. The van der Waals surface area contributed by atoms with Gasteiger partial charge in [0, 0.05) is 19.6 Å². The fraction of sp³-hybridized carbons (Fsp3) is 0.650. The lowest BCUT2D eigenvalue weighted by Gasteiger charge is -2.35. The lowest BCUT2D eigenvalue weighted by molar-refractivity contribution is -0.137. The number of ether oxygens (including phenoxy) is 2. The van der Waals surface area contributed by atoms with Crippen LogP contribution >= 0.6 is 0 Å². The summed E-state index contributed by atoms with van der Waals surface area (Å²) in [5.74, 6) is 1.82. The van der Waals surface area contributed by atoms with Gasteiger partial charge >= 0.3 is 0 Å². The summed E-state index contributed by atoms with van der Waals surface area (Å²) in [5, 5.41) is 0. The van der Waals surface area contributed by atoms with Gasteiger partial charge in [-0.3, -0.25) is 9.69 Å². The van der Waals surface area contributed by atoms with E-state index in [0.717, 1.165) is 29.9 Å². The average Bonchev–Trinajstić information content (AvgIpc) is 2.66. The van der Waals surface area contributed by atoms with Gasteiger partial charge in [-0.1, -0.05) is 25.3 Å². The Hall–Kier alpha value is -1.75. The Morgan fingerprint density at radius 2 is 1.80 bits per heavy atom. The molecule has 1 unspecified atom stereocenters. The number of carbonyl (C=O) groups is 1. The fourth-order valence-electron chi connectivity index (χ4n) is 3.74. The number of nitrogens with zero attached hydrogens (tertiary/aromatic N) is 2. The Morgan fingerprint density at radius 1 is 1.12 bits per heavy atom. The zero-order valence-electron chi connectivity index (χ0n) is 15.7. The molecule has 1 aromatic rings. The van der Waals surface area contributed by atoms with Crippen molar-refractivity contribution in [1.82, 2.24) is 9.80 Å². The van der Waals surface area contributed by atoms with Gasteiger partial charge in [-0.05, 0) is 44.5 Å². The predicted molar refractivity (Wildman–Crippen MR) is 98.0 cm³/mol. The zero-order valence-corrected chi connectivity index (χ0v) is 15.7. The molecule has 1 atom stereocenters. The van der Waals surface area contributed by atoms with E-state index < -0.39 is 0 Å². The van der Waals surface area contributed by atoms with E-state index in [1.54, 1.807) is 0 Å². The van der Waals surface area contributed by atoms with E-state index in [2.05, 4.69) is 4.90 Å². The maximum atomic E-state index is 12.8. The third-order valence-electron chi connectivity index (χ3n) is 5.53. The topological polar surface area (TPSA) is 42.0 Å². The van der Waals surface area contributed by atoms with Crippen molar-refractivity contribution >= 4 is 5.91 Å². The molecule has 3 rings (SSSR count). The summed E-state index contributed by atoms with van der Waals surface area (Å²) in [6.45, 7) is 3.90. The van der Waals surface area contributed by atoms with Gasteiger partial charge in [-0.25, -0.2) is 0 Å². The summed E-state index contributed by atoms with van der Waals surface area (Å²) in [5.41, 5.74) is 1.13. The van der Waals surface area contributed by atoms with Gasteiger partial charge < -0.3 is 14.4 Å². The van der Waals surface area contributed by atoms with Crippen LogP contribution in [0.3, 0.4) is 0 Å². The lowest BCUT2D eigenvalue weighted by Crippen LogP contribution is -2.48. The molecule has 1 fully saturated rings. The summed E-state index contributed by atoms with van der Waals surface area (Å²) in [6, 6.07) is 6.30. The minimum absolute atomic E-state index is 0.139. The highest BCUT2D eigenvalue weighted by atomic mass is 16.6. The van der Waals surface area contributed by atoms with Crippen molar-refractivity contribution in [2.45, 2.75) is 57.7 Å². The number of benzene rings is 1. The SMILES string of the molecule is CC(C(=O)N(C)C1CCCCC1)N(C)Cc1ccc2c(c1)OCCO2. The van der Waals surface area contributed by atoms with E-state index in [1.165, 1.54) is 19.3 Å². The third kappa shape index (κ3) is 4.27. The van der Waals surface area contributed by atoms with Crippen molar-refractivity contribution in [2.75, 3.05) is 27.3 Å². The molecule has 1 amide bonds. The first kappa shape index (κ1) is 18.1. The van der Waals surface area contributed by atoms with Gasteiger partial charge in [0.15, 0.2) is 11.5 Å². The quantitative estimate of drug-likeness (QED) is 0.822. The second-order valence-corrected chi connectivity index (χ2v) is 7.31. The molecular weight excluding hydrogens is 316 g/mol. The number of hydrogen-bond donors (Lipinski definition) is 0. The first-order chi connectivity index (χ1) is 12.1. The highest BCUT2D eigenvalue weighted by molar-refractivity contribution is 5.81. The monoisotopic (exact) mass is 346 g/mol. The van der Waals surface area contributed by atoms with Crippen LogP contribution in [-0.2, 0) is 11.3 Å². The van der Waals surface area contributed by atoms with Crippen LogP contribution in [0.4, 0.5) is 0 Å². The fourth-order valence-corrected chi connectivity index (χ4v) is 3.74.